The zero-order valence-corrected chi connectivity index (χ0v) is 14.8. The van der Waals surface area contributed by atoms with Crippen molar-refractivity contribution < 1.29 is 14.3 Å². The van der Waals surface area contributed by atoms with E-state index in [0.717, 1.165) is 5.56 Å². The Balaban J connectivity index is 1.86. The number of rotatable bonds is 6. The summed E-state index contributed by atoms with van der Waals surface area (Å²) in [6, 6.07) is 14.1. The first kappa shape index (κ1) is 18.5. The van der Waals surface area contributed by atoms with Gasteiger partial charge in [-0.05, 0) is 48.0 Å². The van der Waals surface area contributed by atoms with Crippen molar-refractivity contribution in [2.24, 2.45) is 0 Å². The molecule has 0 aliphatic rings. The molecule has 130 valence electrons. The number of methoxy groups -OCH3 is 1. The molecule has 0 aliphatic carbocycles. The van der Waals surface area contributed by atoms with E-state index in [4.69, 9.17) is 16.3 Å². The number of carbonyl (C=O) groups excluding carboxylic acids is 2. The average Bonchev–Trinajstić information content (AvgIpc) is 2.61. The number of nitrogens with zero attached hydrogens (tertiary/aromatic N) is 1. The van der Waals surface area contributed by atoms with E-state index in [-0.39, 0.29) is 18.4 Å². The molecule has 5 nitrogen and oxygen atoms in total. The minimum Gasteiger partial charge on any atom is -0.497 e. The maximum Gasteiger partial charge on any atom is 0.246 e. The largest absolute Gasteiger partial charge is 0.497 e. The van der Waals surface area contributed by atoms with Crippen molar-refractivity contribution in [1.82, 2.24) is 4.90 Å². The van der Waals surface area contributed by atoms with Crippen molar-refractivity contribution in [2.75, 3.05) is 26.0 Å². The topological polar surface area (TPSA) is 58.6 Å². The highest BCUT2D eigenvalue weighted by atomic mass is 35.5. The van der Waals surface area contributed by atoms with E-state index in [2.05, 4.69) is 5.32 Å². The van der Waals surface area contributed by atoms with Gasteiger partial charge in [0.25, 0.3) is 0 Å². The second-order valence-electron chi connectivity index (χ2n) is 5.36. The number of carbonyl (C=O) groups is 2. The van der Waals surface area contributed by atoms with E-state index >= 15 is 0 Å². The van der Waals surface area contributed by atoms with Gasteiger partial charge in [-0.15, -0.1) is 0 Å². The van der Waals surface area contributed by atoms with Crippen LogP contribution in [0.4, 0.5) is 5.69 Å². The van der Waals surface area contributed by atoms with Crippen LogP contribution in [0.5, 0.6) is 5.75 Å². The molecule has 0 bridgehead atoms. The first-order valence-corrected chi connectivity index (χ1v) is 7.98. The van der Waals surface area contributed by atoms with Gasteiger partial charge in [0.05, 0.1) is 13.7 Å². The van der Waals surface area contributed by atoms with E-state index in [1.165, 1.54) is 11.0 Å². The molecule has 2 aromatic rings. The summed E-state index contributed by atoms with van der Waals surface area (Å²) in [6.07, 6.45) is 3.10. The highest BCUT2D eigenvalue weighted by Crippen LogP contribution is 2.15. The number of halogens is 1. The van der Waals surface area contributed by atoms with E-state index in [9.17, 15) is 9.59 Å². The third-order valence-electron chi connectivity index (χ3n) is 3.42. The summed E-state index contributed by atoms with van der Waals surface area (Å²) in [5.41, 5.74) is 1.50. The van der Waals surface area contributed by atoms with Crippen molar-refractivity contribution in [2.45, 2.75) is 0 Å². The third-order valence-corrected chi connectivity index (χ3v) is 3.67. The Hall–Kier alpha value is -2.79. The number of anilines is 1. The van der Waals surface area contributed by atoms with Crippen molar-refractivity contribution in [3.63, 3.8) is 0 Å². The lowest BCUT2D eigenvalue weighted by molar-refractivity contribution is -0.129. The van der Waals surface area contributed by atoms with Gasteiger partial charge in [0.2, 0.25) is 11.8 Å². The van der Waals surface area contributed by atoms with Crippen LogP contribution >= 0.6 is 11.6 Å². The van der Waals surface area contributed by atoms with Crippen LogP contribution in [0.1, 0.15) is 5.56 Å². The fourth-order valence-electron chi connectivity index (χ4n) is 2.04. The highest BCUT2D eigenvalue weighted by Gasteiger charge is 2.10. The molecule has 0 saturated carbocycles. The predicted molar refractivity (Wildman–Crippen MR) is 99.7 cm³/mol. The molecule has 2 amide bonds. The summed E-state index contributed by atoms with van der Waals surface area (Å²) >= 11 is 5.81. The minimum absolute atomic E-state index is 0.0458. The number of hydrogen-bond acceptors (Lipinski definition) is 3. The Bertz CT molecular complexity index is 755. The van der Waals surface area contributed by atoms with Crippen LogP contribution in [0.2, 0.25) is 5.02 Å². The number of amides is 2. The summed E-state index contributed by atoms with van der Waals surface area (Å²) < 4.78 is 5.06. The van der Waals surface area contributed by atoms with E-state index in [1.54, 1.807) is 56.6 Å². The van der Waals surface area contributed by atoms with Crippen LogP contribution in [0.3, 0.4) is 0 Å². The molecule has 1 N–H and O–H groups in total. The third kappa shape index (κ3) is 5.97. The molecule has 0 spiro atoms. The molecule has 0 unspecified atom stereocenters. The van der Waals surface area contributed by atoms with Gasteiger partial charge >= 0.3 is 0 Å². The Kier molecular flexibility index (Phi) is 6.60. The second-order valence-corrected chi connectivity index (χ2v) is 5.79. The minimum atomic E-state index is -0.277. The predicted octanol–water partition coefficient (Wildman–Crippen LogP) is 3.46. The van der Waals surface area contributed by atoms with Crippen molar-refractivity contribution in [1.29, 1.82) is 0 Å². The number of nitrogens with one attached hydrogen (secondary N) is 1. The number of benzene rings is 2. The first-order valence-electron chi connectivity index (χ1n) is 7.60. The van der Waals surface area contributed by atoms with Gasteiger partial charge in [0.1, 0.15) is 5.75 Å². The van der Waals surface area contributed by atoms with Crippen LogP contribution in [0.25, 0.3) is 6.08 Å². The van der Waals surface area contributed by atoms with Gasteiger partial charge in [-0.1, -0.05) is 23.7 Å². The van der Waals surface area contributed by atoms with Gasteiger partial charge < -0.3 is 15.0 Å². The summed E-state index contributed by atoms with van der Waals surface area (Å²) in [5, 5.41) is 3.37. The van der Waals surface area contributed by atoms with Crippen LogP contribution < -0.4 is 10.1 Å². The zero-order valence-electron chi connectivity index (χ0n) is 14.0. The number of likely N-dealkylation sites (N-methyl/N-ethyl adjacent to an activating group) is 1. The lowest BCUT2D eigenvalue weighted by Gasteiger charge is -2.15. The van der Waals surface area contributed by atoms with Crippen molar-refractivity contribution >= 4 is 35.2 Å². The average molecular weight is 359 g/mol. The smallest absolute Gasteiger partial charge is 0.246 e. The summed E-state index contributed by atoms with van der Waals surface area (Å²) in [6.45, 7) is -0.0458. The van der Waals surface area contributed by atoms with Crippen molar-refractivity contribution in [3.8, 4) is 5.75 Å². The van der Waals surface area contributed by atoms with E-state index < -0.39 is 0 Å². The molecule has 0 radical (unpaired) electrons. The maximum atomic E-state index is 12.1. The molecule has 25 heavy (non-hydrogen) atoms. The van der Waals surface area contributed by atoms with Gasteiger partial charge in [-0.2, -0.15) is 0 Å². The van der Waals surface area contributed by atoms with Gasteiger partial charge in [-0.3, -0.25) is 9.59 Å². The molecule has 6 heteroatoms. The summed E-state index contributed by atoms with van der Waals surface area (Å²) in [7, 11) is 3.15. The van der Waals surface area contributed by atoms with Crippen LogP contribution in [-0.4, -0.2) is 37.4 Å². The van der Waals surface area contributed by atoms with E-state index in [0.29, 0.717) is 16.5 Å². The fraction of sp³-hybridized carbons (Fsp3) is 0.158. The SMILES string of the molecule is COc1ccc(NC(=O)CN(C)C(=O)/C=C/c2ccc(Cl)cc2)cc1. The molecule has 0 aliphatic heterocycles. The maximum absolute atomic E-state index is 12.1. The molecular weight excluding hydrogens is 340 g/mol. The standard InChI is InChI=1S/C19H19ClN2O3/c1-22(19(24)12-5-14-3-6-15(20)7-4-14)13-18(23)21-16-8-10-17(25-2)11-9-16/h3-12H,13H2,1-2H3,(H,21,23)/b12-5+. The molecule has 0 atom stereocenters. The van der Waals surface area contributed by atoms with Crippen LogP contribution in [0.15, 0.2) is 54.6 Å². The molecule has 0 saturated heterocycles. The van der Waals surface area contributed by atoms with Crippen molar-refractivity contribution in [3.05, 3.63) is 65.2 Å². The lowest BCUT2D eigenvalue weighted by atomic mass is 10.2. The molecule has 0 fully saturated rings. The van der Waals surface area contributed by atoms with Gasteiger partial charge in [0, 0.05) is 23.8 Å². The molecule has 0 heterocycles. The summed E-state index contributed by atoms with van der Waals surface area (Å²) in [4.78, 5) is 25.4. The zero-order chi connectivity index (χ0) is 18.2. The molecule has 2 aromatic carbocycles. The van der Waals surface area contributed by atoms with E-state index in [1.807, 2.05) is 12.1 Å². The number of ether oxygens (including phenoxy) is 1. The highest BCUT2D eigenvalue weighted by molar-refractivity contribution is 6.30. The fourth-order valence-corrected chi connectivity index (χ4v) is 2.16. The number of hydrogen-bond donors (Lipinski definition) is 1. The Morgan fingerprint density at radius 1 is 1.12 bits per heavy atom. The van der Waals surface area contributed by atoms with Gasteiger partial charge in [0.15, 0.2) is 0 Å². The Morgan fingerprint density at radius 2 is 1.76 bits per heavy atom. The first-order chi connectivity index (χ1) is 12.0. The summed E-state index contributed by atoms with van der Waals surface area (Å²) in [5.74, 6) is 0.165. The quantitative estimate of drug-likeness (QED) is 0.804. The second kappa shape index (κ2) is 8.89. The lowest BCUT2D eigenvalue weighted by Crippen LogP contribution is -2.33. The molecule has 2 rings (SSSR count). The Labute approximate surface area is 151 Å². The van der Waals surface area contributed by atoms with Gasteiger partial charge in [-0.25, -0.2) is 0 Å². The monoisotopic (exact) mass is 358 g/mol. The normalized spacial score (nSPS) is 10.5. The molecule has 0 aromatic heterocycles. The molecular formula is C19H19ClN2O3. The van der Waals surface area contributed by atoms with Crippen LogP contribution in [0, 0.1) is 0 Å². The Morgan fingerprint density at radius 3 is 2.36 bits per heavy atom. The van der Waals surface area contributed by atoms with Crippen LogP contribution in [-0.2, 0) is 9.59 Å².